The summed E-state index contributed by atoms with van der Waals surface area (Å²) in [7, 11) is 1.60. The van der Waals surface area contributed by atoms with Crippen LogP contribution in [0.5, 0.6) is 5.75 Å². The monoisotopic (exact) mass is 205 g/mol. The molecule has 2 rings (SSSR count). The van der Waals surface area contributed by atoms with Crippen molar-refractivity contribution in [1.82, 2.24) is 4.90 Å². The molecule has 0 atom stereocenters. The maximum absolute atomic E-state index is 12.1. The van der Waals surface area contributed by atoms with Crippen molar-refractivity contribution in [2.45, 2.75) is 26.4 Å². The molecular formula is C12H15NO2. The van der Waals surface area contributed by atoms with Gasteiger partial charge in [0, 0.05) is 12.6 Å². The van der Waals surface area contributed by atoms with E-state index < -0.39 is 0 Å². The molecule has 0 spiro atoms. The van der Waals surface area contributed by atoms with Crippen LogP contribution in [0.2, 0.25) is 0 Å². The predicted molar refractivity (Wildman–Crippen MR) is 58.0 cm³/mol. The molecule has 1 heterocycles. The van der Waals surface area contributed by atoms with E-state index >= 15 is 0 Å². The van der Waals surface area contributed by atoms with Crippen molar-refractivity contribution < 1.29 is 9.53 Å². The highest BCUT2D eigenvalue weighted by Gasteiger charge is 2.31. The fraction of sp³-hybridized carbons (Fsp3) is 0.417. The Labute approximate surface area is 89.7 Å². The van der Waals surface area contributed by atoms with Crippen LogP contribution in [0.25, 0.3) is 0 Å². The second kappa shape index (κ2) is 3.57. The third kappa shape index (κ3) is 1.48. The van der Waals surface area contributed by atoms with Gasteiger partial charge in [0.2, 0.25) is 0 Å². The summed E-state index contributed by atoms with van der Waals surface area (Å²) in [5.41, 5.74) is 1.79. The van der Waals surface area contributed by atoms with Gasteiger partial charge >= 0.3 is 0 Å². The number of ether oxygens (including phenoxy) is 1. The minimum atomic E-state index is 0.0810. The number of carbonyl (C=O) groups is 1. The minimum Gasteiger partial charge on any atom is -0.496 e. The van der Waals surface area contributed by atoms with E-state index in [1.807, 2.05) is 36.9 Å². The third-order valence-corrected chi connectivity index (χ3v) is 2.77. The quantitative estimate of drug-likeness (QED) is 0.739. The Balaban J connectivity index is 2.46. The Morgan fingerprint density at radius 3 is 2.73 bits per heavy atom. The Kier molecular flexibility index (Phi) is 2.39. The van der Waals surface area contributed by atoms with Crippen LogP contribution in [0.4, 0.5) is 0 Å². The SMILES string of the molecule is COc1cccc2c1C(=O)N(C(C)C)C2. The van der Waals surface area contributed by atoms with Crippen molar-refractivity contribution in [1.29, 1.82) is 0 Å². The van der Waals surface area contributed by atoms with Crippen LogP contribution in [0.15, 0.2) is 18.2 Å². The summed E-state index contributed by atoms with van der Waals surface area (Å²) < 4.78 is 5.21. The lowest BCUT2D eigenvalue weighted by atomic mass is 10.1. The van der Waals surface area contributed by atoms with Gasteiger partial charge in [-0.25, -0.2) is 0 Å². The van der Waals surface area contributed by atoms with E-state index in [9.17, 15) is 4.79 Å². The Bertz CT molecular complexity index is 399. The topological polar surface area (TPSA) is 29.5 Å². The van der Waals surface area contributed by atoms with Crippen LogP contribution in [-0.4, -0.2) is 24.0 Å². The molecule has 0 bridgehead atoms. The second-order valence-corrected chi connectivity index (χ2v) is 4.02. The molecule has 1 aliphatic rings. The van der Waals surface area contributed by atoms with Crippen molar-refractivity contribution >= 4 is 5.91 Å². The van der Waals surface area contributed by atoms with Crippen LogP contribution in [-0.2, 0) is 6.54 Å². The van der Waals surface area contributed by atoms with Gasteiger partial charge < -0.3 is 9.64 Å². The van der Waals surface area contributed by atoms with Gasteiger partial charge in [0.05, 0.1) is 12.7 Å². The highest BCUT2D eigenvalue weighted by atomic mass is 16.5. The van der Waals surface area contributed by atoms with Crippen molar-refractivity contribution in [2.24, 2.45) is 0 Å². The number of hydrogen-bond acceptors (Lipinski definition) is 2. The zero-order valence-corrected chi connectivity index (χ0v) is 9.28. The molecule has 3 heteroatoms. The molecule has 0 saturated heterocycles. The summed E-state index contributed by atoms with van der Waals surface area (Å²) in [6, 6.07) is 5.97. The molecule has 0 N–H and O–H groups in total. The van der Waals surface area contributed by atoms with E-state index in [1.165, 1.54) is 0 Å². The van der Waals surface area contributed by atoms with Crippen LogP contribution in [0.1, 0.15) is 29.8 Å². The zero-order valence-electron chi connectivity index (χ0n) is 9.28. The van der Waals surface area contributed by atoms with Crippen LogP contribution in [0.3, 0.4) is 0 Å². The zero-order chi connectivity index (χ0) is 11.0. The van der Waals surface area contributed by atoms with Gasteiger partial charge in [0.1, 0.15) is 5.75 Å². The fourth-order valence-corrected chi connectivity index (χ4v) is 1.94. The number of fused-ring (bicyclic) bond motifs is 1. The smallest absolute Gasteiger partial charge is 0.258 e. The van der Waals surface area contributed by atoms with E-state index in [4.69, 9.17) is 4.74 Å². The Hall–Kier alpha value is -1.51. The van der Waals surface area contributed by atoms with Crippen molar-refractivity contribution in [3.63, 3.8) is 0 Å². The maximum Gasteiger partial charge on any atom is 0.258 e. The van der Waals surface area contributed by atoms with Gasteiger partial charge in [-0.05, 0) is 25.5 Å². The number of benzene rings is 1. The lowest BCUT2D eigenvalue weighted by molar-refractivity contribution is 0.0728. The van der Waals surface area contributed by atoms with Crippen molar-refractivity contribution in [3.8, 4) is 5.75 Å². The highest BCUT2D eigenvalue weighted by Crippen LogP contribution is 2.31. The molecule has 80 valence electrons. The third-order valence-electron chi connectivity index (χ3n) is 2.77. The molecule has 0 aromatic heterocycles. The summed E-state index contributed by atoms with van der Waals surface area (Å²) >= 11 is 0. The second-order valence-electron chi connectivity index (χ2n) is 4.02. The van der Waals surface area contributed by atoms with Crippen LogP contribution < -0.4 is 4.74 Å². The van der Waals surface area contributed by atoms with Gasteiger partial charge in [-0.15, -0.1) is 0 Å². The van der Waals surface area contributed by atoms with Crippen LogP contribution in [0, 0.1) is 0 Å². The highest BCUT2D eigenvalue weighted by molar-refractivity contribution is 6.01. The lowest BCUT2D eigenvalue weighted by Crippen LogP contribution is -2.30. The molecule has 0 aliphatic carbocycles. The van der Waals surface area contributed by atoms with Gasteiger partial charge in [0.15, 0.2) is 0 Å². The molecule has 1 amide bonds. The Morgan fingerprint density at radius 2 is 2.13 bits per heavy atom. The molecule has 1 aromatic carbocycles. The minimum absolute atomic E-state index is 0.0810. The summed E-state index contributed by atoms with van der Waals surface area (Å²) in [5.74, 6) is 0.762. The molecule has 0 unspecified atom stereocenters. The first kappa shape index (κ1) is 10.0. The summed E-state index contributed by atoms with van der Waals surface area (Å²) in [6.45, 7) is 4.75. The van der Waals surface area contributed by atoms with E-state index in [0.717, 1.165) is 11.1 Å². The molecule has 1 aromatic rings. The molecule has 0 fully saturated rings. The van der Waals surface area contributed by atoms with E-state index in [1.54, 1.807) is 7.11 Å². The number of methoxy groups -OCH3 is 1. The van der Waals surface area contributed by atoms with Gasteiger partial charge in [0.25, 0.3) is 5.91 Å². The molecule has 15 heavy (non-hydrogen) atoms. The lowest BCUT2D eigenvalue weighted by Gasteiger charge is -2.19. The summed E-state index contributed by atoms with van der Waals surface area (Å²) in [5, 5.41) is 0. The largest absolute Gasteiger partial charge is 0.496 e. The normalized spacial score (nSPS) is 14.7. The van der Waals surface area contributed by atoms with E-state index in [-0.39, 0.29) is 11.9 Å². The molecule has 3 nitrogen and oxygen atoms in total. The summed E-state index contributed by atoms with van der Waals surface area (Å²) in [4.78, 5) is 13.9. The first-order chi connectivity index (χ1) is 7.15. The summed E-state index contributed by atoms with van der Waals surface area (Å²) in [6.07, 6.45) is 0. The number of rotatable bonds is 2. The molecule has 0 saturated carbocycles. The Morgan fingerprint density at radius 1 is 1.40 bits per heavy atom. The van der Waals surface area contributed by atoms with E-state index in [0.29, 0.717) is 12.3 Å². The first-order valence-electron chi connectivity index (χ1n) is 5.12. The predicted octanol–water partition coefficient (Wildman–Crippen LogP) is 2.06. The average Bonchev–Trinajstić information content (AvgIpc) is 2.56. The average molecular weight is 205 g/mol. The number of amides is 1. The van der Waals surface area contributed by atoms with Crippen molar-refractivity contribution in [3.05, 3.63) is 29.3 Å². The van der Waals surface area contributed by atoms with Crippen molar-refractivity contribution in [2.75, 3.05) is 7.11 Å². The van der Waals surface area contributed by atoms with Gasteiger partial charge in [-0.3, -0.25) is 4.79 Å². The number of hydrogen-bond donors (Lipinski definition) is 0. The molecular weight excluding hydrogens is 190 g/mol. The first-order valence-corrected chi connectivity index (χ1v) is 5.12. The van der Waals surface area contributed by atoms with Gasteiger partial charge in [-0.2, -0.15) is 0 Å². The molecule has 1 aliphatic heterocycles. The number of nitrogens with zero attached hydrogens (tertiary/aromatic N) is 1. The fourth-order valence-electron chi connectivity index (χ4n) is 1.94. The van der Waals surface area contributed by atoms with Crippen LogP contribution >= 0.6 is 0 Å². The molecule has 0 radical (unpaired) electrons. The maximum atomic E-state index is 12.1. The standard InChI is InChI=1S/C12H15NO2/c1-8(2)13-7-9-5-4-6-10(15-3)11(9)12(13)14/h4-6,8H,7H2,1-3H3. The van der Waals surface area contributed by atoms with Gasteiger partial charge in [-0.1, -0.05) is 12.1 Å². The number of carbonyl (C=O) groups excluding carboxylic acids is 1. The van der Waals surface area contributed by atoms with E-state index in [2.05, 4.69) is 0 Å².